The topological polar surface area (TPSA) is 126 Å². The summed E-state index contributed by atoms with van der Waals surface area (Å²) in [7, 11) is -10.8. The first-order valence-corrected chi connectivity index (χ1v) is 10.7. The van der Waals surface area contributed by atoms with Gasteiger partial charge in [0.15, 0.2) is 0 Å². The third-order valence-corrected chi connectivity index (χ3v) is 7.29. The third kappa shape index (κ3) is 22.8. The standard InChI is InChI=1S/C13H30O6P2.4Na/c1-11(2)7-6-9-12(3)8-4-5-10-13(20(14,15)16)21(17,18)19;;;;/h11-13H,4-10H2,1-3H3,(H2,14,15,16)(H2,17,18,19);;;;/q;4*+1/p-4. The largest absolute Gasteiger partial charge is 1.00 e. The number of unbranched alkanes of at least 4 members (excludes halogenated alkanes) is 1. The molecule has 0 saturated carbocycles. The fourth-order valence-corrected chi connectivity index (χ4v) is 4.71. The molecule has 0 aliphatic heterocycles. The van der Waals surface area contributed by atoms with Crippen molar-refractivity contribution < 1.29 is 147 Å². The fraction of sp³-hybridized carbons (Fsp3) is 1.00. The van der Waals surface area contributed by atoms with Crippen molar-refractivity contribution in [2.24, 2.45) is 11.8 Å². The van der Waals surface area contributed by atoms with Crippen LogP contribution in [0.5, 0.6) is 0 Å². The predicted molar refractivity (Wildman–Crippen MR) is 75.3 cm³/mol. The van der Waals surface area contributed by atoms with E-state index < -0.39 is 20.6 Å². The molecule has 0 fully saturated rings. The van der Waals surface area contributed by atoms with E-state index >= 15 is 0 Å². The summed E-state index contributed by atoms with van der Waals surface area (Å²) in [6.07, 6.45) is 4.72. The van der Waals surface area contributed by atoms with Crippen molar-refractivity contribution in [1.82, 2.24) is 0 Å². The van der Waals surface area contributed by atoms with Gasteiger partial charge in [-0.15, -0.1) is 0 Å². The molecule has 0 amide bonds. The molecule has 1 atom stereocenters. The van der Waals surface area contributed by atoms with Gasteiger partial charge in [-0.3, -0.25) is 0 Å². The van der Waals surface area contributed by atoms with E-state index in [-0.39, 0.29) is 131 Å². The first-order chi connectivity index (χ1) is 9.44. The summed E-state index contributed by atoms with van der Waals surface area (Å²) in [5.74, 6) is 1.14. The minimum absolute atomic E-state index is 0. The van der Waals surface area contributed by atoms with Gasteiger partial charge < -0.3 is 28.7 Å². The zero-order chi connectivity index (χ0) is 16.7. The van der Waals surface area contributed by atoms with E-state index in [2.05, 4.69) is 20.8 Å². The second kappa shape index (κ2) is 20.2. The molecular weight excluding hydrogens is 406 g/mol. The van der Waals surface area contributed by atoms with Crippen LogP contribution < -0.4 is 138 Å². The van der Waals surface area contributed by atoms with Gasteiger partial charge in [-0.25, -0.2) is 0 Å². The summed E-state index contributed by atoms with van der Waals surface area (Å²) in [5, 5.41) is -2.29. The van der Waals surface area contributed by atoms with E-state index in [1.807, 2.05) is 0 Å². The number of rotatable bonds is 11. The quantitative estimate of drug-likeness (QED) is 0.181. The second-order valence-electron chi connectivity index (χ2n) is 6.27. The van der Waals surface area contributed by atoms with Gasteiger partial charge in [0.2, 0.25) is 0 Å². The van der Waals surface area contributed by atoms with Gasteiger partial charge in [0.1, 0.15) is 0 Å². The first-order valence-electron chi connectivity index (χ1n) is 7.48. The van der Waals surface area contributed by atoms with E-state index in [0.29, 0.717) is 18.3 Å². The van der Waals surface area contributed by atoms with Crippen LogP contribution in [-0.4, -0.2) is 5.40 Å². The van der Waals surface area contributed by atoms with Crippen molar-refractivity contribution in [3.05, 3.63) is 0 Å². The van der Waals surface area contributed by atoms with E-state index in [9.17, 15) is 28.7 Å². The van der Waals surface area contributed by atoms with Gasteiger partial charge in [0, 0.05) is 5.40 Å². The summed E-state index contributed by atoms with van der Waals surface area (Å²) in [6.45, 7) is 6.42. The number of hydrogen-bond donors (Lipinski definition) is 0. The van der Waals surface area contributed by atoms with Gasteiger partial charge >= 0.3 is 118 Å². The van der Waals surface area contributed by atoms with Crippen LogP contribution in [0.2, 0.25) is 0 Å². The van der Waals surface area contributed by atoms with E-state index in [1.165, 1.54) is 0 Å². The Kier molecular flexibility index (Phi) is 32.1. The van der Waals surface area contributed by atoms with Crippen LogP contribution in [0.25, 0.3) is 0 Å². The van der Waals surface area contributed by atoms with Gasteiger partial charge in [0.05, 0.1) is 0 Å². The van der Waals surface area contributed by atoms with E-state index in [0.717, 1.165) is 25.7 Å². The molecule has 0 N–H and O–H groups in total. The Balaban J connectivity index is -0.000000333. The Morgan fingerprint density at radius 3 is 1.36 bits per heavy atom. The zero-order valence-electron chi connectivity index (χ0n) is 17.0. The minimum atomic E-state index is -5.38. The SMILES string of the molecule is CC(C)CCCC(C)CCCCC(P(=O)([O-])[O-])P(=O)([O-])[O-].[Na+].[Na+].[Na+].[Na+]. The second-order valence-corrected chi connectivity index (χ2v) is 10.1. The van der Waals surface area contributed by atoms with Crippen molar-refractivity contribution in [1.29, 1.82) is 0 Å². The molecule has 0 heterocycles. The van der Waals surface area contributed by atoms with Gasteiger partial charge in [0.25, 0.3) is 0 Å². The average molecular weight is 432 g/mol. The van der Waals surface area contributed by atoms with E-state index in [4.69, 9.17) is 0 Å². The van der Waals surface area contributed by atoms with Crippen LogP contribution in [-0.2, 0) is 9.13 Å². The zero-order valence-corrected chi connectivity index (χ0v) is 26.8. The molecule has 0 spiro atoms. The van der Waals surface area contributed by atoms with Crippen LogP contribution in [0.1, 0.15) is 65.7 Å². The van der Waals surface area contributed by atoms with Crippen molar-refractivity contribution >= 4 is 15.2 Å². The average Bonchev–Trinajstić information content (AvgIpc) is 2.24. The molecule has 0 radical (unpaired) electrons. The summed E-state index contributed by atoms with van der Waals surface area (Å²) >= 11 is 0. The monoisotopic (exact) mass is 432 g/mol. The molecule has 0 rings (SSSR count). The molecule has 0 aliphatic carbocycles. The fourth-order valence-electron chi connectivity index (χ4n) is 2.33. The van der Waals surface area contributed by atoms with Crippen LogP contribution in [0.3, 0.4) is 0 Å². The molecule has 0 saturated heterocycles. The maximum absolute atomic E-state index is 10.8. The molecule has 0 bridgehead atoms. The van der Waals surface area contributed by atoms with Gasteiger partial charge in [-0.05, 0) is 18.3 Å². The molecular formula is C13H26Na4O6P2. The summed E-state index contributed by atoms with van der Waals surface area (Å²) < 4.78 is 21.6. The summed E-state index contributed by atoms with van der Waals surface area (Å²) in [5.41, 5.74) is 0. The van der Waals surface area contributed by atoms with E-state index in [1.54, 1.807) is 0 Å². The van der Waals surface area contributed by atoms with Crippen molar-refractivity contribution in [3.63, 3.8) is 0 Å². The Labute approximate surface area is 241 Å². The smallest absolute Gasteiger partial charge is 0.810 e. The normalized spacial score (nSPS) is 12.5. The molecule has 0 aliphatic rings. The molecule has 128 valence electrons. The van der Waals surface area contributed by atoms with Gasteiger partial charge in [-0.1, -0.05) is 74.5 Å². The van der Waals surface area contributed by atoms with Crippen LogP contribution in [0.15, 0.2) is 0 Å². The summed E-state index contributed by atoms with van der Waals surface area (Å²) in [4.78, 5) is 43.2. The summed E-state index contributed by atoms with van der Waals surface area (Å²) in [6, 6.07) is 0. The van der Waals surface area contributed by atoms with Gasteiger partial charge in [-0.2, -0.15) is 0 Å². The Hall–Kier alpha value is 4.30. The predicted octanol–water partition coefficient (Wildman–Crippen LogP) is -10.8. The molecule has 6 nitrogen and oxygen atoms in total. The Bertz CT molecular complexity index is 367. The molecule has 12 heteroatoms. The maximum atomic E-state index is 10.8. The molecule has 0 aromatic carbocycles. The molecule has 0 aromatic heterocycles. The van der Waals surface area contributed by atoms with Crippen LogP contribution >= 0.6 is 15.2 Å². The van der Waals surface area contributed by atoms with Crippen molar-refractivity contribution in [2.45, 2.75) is 71.1 Å². The Morgan fingerprint density at radius 1 is 0.640 bits per heavy atom. The van der Waals surface area contributed by atoms with Crippen LogP contribution in [0.4, 0.5) is 0 Å². The van der Waals surface area contributed by atoms with Crippen LogP contribution in [0, 0.1) is 11.8 Å². The molecule has 0 aromatic rings. The molecule has 25 heavy (non-hydrogen) atoms. The van der Waals surface area contributed by atoms with Crippen molar-refractivity contribution in [3.8, 4) is 0 Å². The first kappa shape index (κ1) is 39.7. The Morgan fingerprint density at radius 2 is 1.00 bits per heavy atom. The minimum Gasteiger partial charge on any atom is -0.810 e. The van der Waals surface area contributed by atoms with Crippen molar-refractivity contribution in [2.75, 3.05) is 0 Å². The number of hydrogen-bond acceptors (Lipinski definition) is 6. The molecule has 1 unspecified atom stereocenters. The third-order valence-electron chi connectivity index (χ3n) is 3.62. The maximum Gasteiger partial charge on any atom is 1.00 e.